The van der Waals surface area contributed by atoms with Crippen LogP contribution in [0.3, 0.4) is 0 Å². The van der Waals surface area contributed by atoms with Gasteiger partial charge in [0.15, 0.2) is 5.17 Å². The minimum atomic E-state index is -0.150. The monoisotopic (exact) mass is 514 g/mol. The van der Waals surface area contributed by atoms with E-state index in [1.165, 1.54) is 50.3 Å². The van der Waals surface area contributed by atoms with Gasteiger partial charge in [-0.25, -0.2) is 0 Å². The average molecular weight is 515 g/mol. The minimum absolute atomic E-state index is 0.143. The molecule has 1 amide bonds. The van der Waals surface area contributed by atoms with Gasteiger partial charge in [-0.15, -0.1) is 0 Å². The molecule has 2 heterocycles. The van der Waals surface area contributed by atoms with E-state index >= 15 is 0 Å². The predicted molar refractivity (Wildman–Crippen MR) is 148 cm³/mol. The first kappa shape index (κ1) is 23.5. The van der Waals surface area contributed by atoms with E-state index < -0.39 is 0 Å². The van der Waals surface area contributed by atoms with Gasteiger partial charge in [-0.2, -0.15) is 4.99 Å². The zero-order valence-electron chi connectivity index (χ0n) is 21.4. The van der Waals surface area contributed by atoms with Crippen LogP contribution in [0.15, 0.2) is 52.4 Å². The van der Waals surface area contributed by atoms with E-state index in [1.54, 1.807) is 0 Å². The highest BCUT2D eigenvalue weighted by molar-refractivity contribution is 8.18. The van der Waals surface area contributed by atoms with Crippen molar-refractivity contribution in [1.82, 2.24) is 4.90 Å². The van der Waals surface area contributed by atoms with Crippen LogP contribution in [0.25, 0.3) is 16.7 Å². The molecule has 4 bridgehead atoms. The first-order chi connectivity index (χ1) is 18.0. The van der Waals surface area contributed by atoms with Crippen molar-refractivity contribution in [2.45, 2.75) is 50.9 Å². The standard InChI is InChI=1S/C31H34N2O3S/c1-19(28-29(35)32-30(37-28)33-7-9-36-10-8-33)23-3-2-4-24(14-23)25-5-6-27(34)26(15-25)31-16-20-11-21(17-31)13-22(12-20)18-31/h2-6,14-15,20-22,34H,7-13,16-18H2,1H3. The van der Waals surface area contributed by atoms with Crippen LogP contribution >= 0.6 is 11.8 Å². The number of amides is 1. The molecule has 4 aliphatic carbocycles. The van der Waals surface area contributed by atoms with Crippen LogP contribution in [0, 0.1) is 17.8 Å². The lowest BCUT2D eigenvalue weighted by atomic mass is 9.48. The molecule has 8 rings (SSSR count). The van der Waals surface area contributed by atoms with E-state index in [-0.39, 0.29) is 11.3 Å². The molecule has 0 radical (unpaired) electrons. The third-order valence-corrected chi connectivity index (χ3v) is 10.7. The molecule has 0 unspecified atom stereocenters. The molecule has 2 aromatic carbocycles. The lowest BCUT2D eigenvalue weighted by Crippen LogP contribution is -2.48. The van der Waals surface area contributed by atoms with E-state index in [0.717, 1.165) is 63.8 Å². The van der Waals surface area contributed by atoms with Gasteiger partial charge in [0, 0.05) is 18.7 Å². The quantitative estimate of drug-likeness (QED) is 0.493. The third-order valence-electron chi connectivity index (χ3n) is 9.44. The number of amidine groups is 1. The average Bonchev–Trinajstić information content (AvgIpc) is 3.30. The van der Waals surface area contributed by atoms with E-state index in [9.17, 15) is 9.90 Å². The zero-order chi connectivity index (χ0) is 25.1. The van der Waals surface area contributed by atoms with Crippen LogP contribution in [0.2, 0.25) is 0 Å². The van der Waals surface area contributed by atoms with Crippen LogP contribution < -0.4 is 0 Å². The summed E-state index contributed by atoms with van der Waals surface area (Å²) in [7, 11) is 0. The second-order valence-electron chi connectivity index (χ2n) is 11.9. The number of nitrogens with zero attached hydrogens (tertiary/aromatic N) is 2. The summed E-state index contributed by atoms with van der Waals surface area (Å²) < 4.78 is 5.45. The molecule has 2 aliphatic heterocycles. The lowest BCUT2D eigenvalue weighted by molar-refractivity contribution is -0.113. The molecular weight excluding hydrogens is 480 g/mol. The Bertz CT molecular complexity index is 1290. The molecule has 6 aliphatic rings. The van der Waals surface area contributed by atoms with Crippen molar-refractivity contribution in [1.29, 1.82) is 0 Å². The van der Waals surface area contributed by atoms with Gasteiger partial charge in [-0.05, 0) is 121 Å². The molecule has 5 fully saturated rings. The van der Waals surface area contributed by atoms with Gasteiger partial charge in [0.05, 0.1) is 18.1 Å². The number of hydrogen-bond donors (Lipinski definition) is 1. The Labute approximate surface area is 223 Å². The number of ether oxygens (including phenoxy) is 1. The number of thioether (sulfide) groups is 1. The fraction of sp³-hybridized carbons (Fsp3) is 0.484. The molecule has 0 atom stereocenters. The van der Waals surface area contributed by atoms with Gasteiger partial charge in [0.25, 0.3) is 5.91 Å². The number of phenols is 1. The summed E-state index contributed by atoms with van der Waals surface area (Å²) >= 11 is 1.48. The number of hydrogen-bond acceptors (Lipinski definition) is 5. The van der Waals surface area contributed by atoms with Gasteiger partial charge in [0.2, 0.25) is 0 Å². The molecule has 1 N–H and O–H groups in total. The number of allylic oxidation sites excluding steroid dienone is 1. The van der Waals surface area contributed by atoms with E-state index in [2.05, 4.69) is 40.2 Å². The second-order valence-corrected chi connectivity index (χ2v) is 12.8. The Morgan fingerprint density at radius 1 is 1.00 bits per heavy atom. The Kier molecular flexibility index (Phi) is 5.74. The van der Waals surface area contributed by atoms with Gasteiger partial charge >= 0.3 is 0 Å². The summed E-state index contributed by atoms with van der Waals surface area (Å²) in [5.74, 6) is 2.80. The summed E-state index contributed by atoms with van der Waals surface area (Å²) in [4.78, 5) is 20.0. The van der Waals surface area contributed by atoms with E-state index in [1.807, 2.05) is 19.1 Å². The second kappa shape index (κ2) is 9.02. The smallest absolute Gasteiger partial charge is 0.286 e. The summed E-state index contributed by atoms with van der Waals surface area (Å²) in [6.07, 6.45) is 7.86. The maximum absolute atomic E-state index is 12.8. The van der Waals surface area contributed by atoms with Crippen molar-refractivity contribution in [3.63, 3.8) is 0 Å². The normalized spacial score (nSPS) is 32.1. The SMILES string of the molecule is CC(=C1SC(N2CCOCC2)=NC1=O)c1cccc(-c2ccc(O)c(C34CC5CC(CC(C5)C3)C4)c2)c1. The number of aromatic hydroxyl groups is 1. The maximum Gasteiger partial charge on any atom is 0.286 e. The summed E-state index contributed by atoms with van der Waals surface area (Å²) in [5.41, 5.74) is 5.56. The van der Waals surface area contributed by atoms with E-state index in [4.69, 9.17) is 4.74 Å². The van der Waals surface area contributed by atoms with Crippen LogP contribution in [0.1, 0.15) is 56.6 Å². The number of aliphatic imine (C=N–C) groups is 1. The Hall–Kier alpha value is -2.57. The Morgan fingerprint density at radius 3 is 2.38 bits per heavy atom. The fourth-order valence-electron chi connectivity index (χ4n) is 8.07. The Balaban J connectivity index is 1.19. The van der Waals surface area contributed by atoms with Crippen molar-refractivity contribution in [2.24, 2.45) is 22.7 Å². The highest BCUT2D eigenvalue weighted by atomic mass is 32.2. The topological polar surface area (TPSA) is 62.1 Å². The molecule has 0 spiro atoms. The van der Waals surface area contributed by atoms with Crippen LogP contribution in [-0.4, -0.2) is 47.4 Å². The molecule has 6 heteroatoms. The number of carbonyl (C=O) groups excluding carboxylic acids is 1. The van der Waals surface area contributed by atoms with Gasteiger partial charge in [0.1, 0.15) is 5.75 Å². The van der Waals surface area contributed by atoms with Crippen LogP contribution in [0.5, 0.6) is 5.75 Å². The van der Waals surface area contributed by atoms with Crippen LogP contribution in [-0.2, 0) is 14.9 Å². The van der Waals surface area contributed by atoms with Crippen molar-refractivity contribution in [2.75, 3.05) is 26.3 Å². The van der Waals surface area contributed by atoms with Gasteiger partial charge < -0.3 is 14.7 Å². The van der Waals surface area contributed by atoms with Gasteiger partial charge in [-0.3, -0.25) is 4.79 Å². The molecule has 5 nitrogen and oxygen atoms in total. The molecule has 0 aromatic heterocycles. The number of carbonyl (C=O) groups is 1. The molecule has 4 saturated carbocycles. The third kappa shape index (κ3) is 4.13. The summed E-state index contributed by atoms with van der Waals surface area (Å²) in [6, 6.07) is 14.7. The number of benzene rings is 2. The predicted octanol–water partition coefficient (Wildman–Crippen LogP) is 6.22. The summed E-state index contributed by atoms with van der Waals surface area (Å²) in [5, 5.41) is 11.8. The minimum Gasteiger partial charge on any atom is -0.508 e. The molecule has 192 valence electrons. The zero-order valence-corrected chi connectivity index (χ0v) is 22.2. The van der Waals surface area contributed by atoms with Crippen molar-refractivity contribution < 1.29 is 14.6 Å². The first-order valence-corrected chi connectivity index (χ1v) is 14.6. The summed E-state index contributed by atoms with van der Waals surface area (Å²) in [6.45, 7) is 4.91. The molecule has 2 aromatic rings. The maximum atomic E-state index is 12.8. The highest BCUT2D eigenvalue weighted by Gasteiger charge is 2.52. The first-order valence-electron chi connectivity index (χ1n) is 13.8. The molecular formula is C31H34N2O3S. The van der Waals surface area contributed by atoms with E-state index in [0.29, 0.717) is 23.9 Å². The van der Waals surface area contributed by atoms with Crippen LogP contribution in [0.4, 0.5) is 0 Å². The fourth-order valence-corrected chi connectivity index (χ4v) is 9.09. The van der Waals surface area contributed by atoms with Crippen molar-refractivity contribution in [3.8, 4) is 16.9 Å². The largest absolute Gasteiger partial charge is 0.508 e. The van der Waals surface area contributed by atoms with Crippen molar-refractivity contribution in [3.05, 3.63) is 58.5 Å². The number of phenolic OH excluding ortho intramolecular Hbond substituents is 1. The Morgan fingerprint density at radius 2 is 1.68 bits per heavy atom. The van der Waals surface area contributed by atoms with Crippen molar-refractivity contribution >= 4 is 28.4 Å². The number of rotatable bonds is 3. The highest BCUT2D eigenvalue weighted by Crippen LogP contribution is 2.62. The number of morpholine rings is 1. The molecule has 37 heavy (non-hydrogen) atoms. The molecule has 1 saturated heterocycles. The van der Waals surface area contributed by atoms with Gasteiger partial charge in [-0.1, -0.05) is 24.3 Å². The lowest BCUT2D eigenvalue weighted by Gasteiger charge is -2.57.